The van der Waals surface area contributed by atoms with E-state index in [0.717, 1.165) is 43.5 Å². The lowest BCUT2D eigenvalue weighted by molar-refractivity contribution is -0.146. The number of aliphatic hydroxyl groups is 1. The largest absolute Gasteiger partial charge is 0.508 e. The lowest BCUT2D eigenvalue weighted by Gasteiger charge is -2.31. The van der Waals surface area contributed by atoms with Gasteiger partial charge in [-0.3, -0.25) is 19.2 Å². The number of carbonyl (C=O) groups excluding carboxylic acids is 5. The Morgan fingerprint density at radius 1 is 0.789 bits per heavy atom. The molecule has 372 valence electrons. The Kier molecular flexibility index (Phi) is 14.5. The van der Waals surface area contributed by atoms with Crippen LogP contribution < -0.4 is 36.5 Å². The summed E-state index contributed by atoms with van der Waals surface area (Å²) in [5, 5.41) is 75.9. The minimum Gasteiger partial charge on any atom is -0.508 e. The number of carbonyl (C=O) groups is 6. The fraction of sp³-hybridized carbons (Fsp3) is 0.250. The summed E-state index contributed by atoms with van der Waals surface area (Å²) in [4.78, 5) is 82.8. The third-order valence-corrected chi connectivity index (χ3v) is 11.7. The van der Waals surface area contributed by atoms with Crippen LogP contribution in [0.4, 0.5) is 4.79 Å². The lowest BCUT2D eigenvalue weighted by atomic mass is 9.89. The zero-order valence-electron chi connectivity index (χ0n) is 37.8. The molecule has 0 spiro atoms. The van der Waals surface area contributed by atoms with Crippen LogP contribution in [0.1, 0.15) is 72.8 Å². The Balaban J connectivity index is 1.47. The van der Waals surface area contributed by atoms with Gasteiger partial charge < -0.3 is 76.6 Å². The molecule has 0 fully saturated rings. The molecular weight excluding hydrogens is 973 g/mol. The molecule has 8 bridgehead atoms. The van der Waals surface area contributed by atoms with Crippen molar-refractivity contribution in [1.82, 2.24) is 21.3 Å². The molecular formula is C48H45Cl2N5O16. The molecule has 5 aromatic carbocycles. The summed E-state index contributed by atoms with van der Waals surface area (Å²) in [6.45, 7) is 4.65. The molecule has 0 radical (unpaired) electrons. The van der Waals surface area contributed by atoms with Gasteiger partial charge in [-0.15, -0.1) is 0 Å². The van der Waals surface area contributed by atoms with Crippen LogP contribution in [0.5, 0.6) is 46.0 Å². The molecule has 3 heterocycles. The van der Waals surface area contributed by atoms with Crippen LogP contribution in [0.15, 0.2) is 78.9 Å². The average Bonchev–Trinajstić information content (AvgIpc) is 3.29. The average molecular weight is 1020 g/mol. The first-order valence-corrected chi connectivity index (χ1v) is 22.0. The maximum atomic E-state index is 15.0. The number of nitrogens with one attached hydrogen (secondary N) is 4. The standard InChI is InChI=1S/C48H45Cl2N5O16/c1-48(2,3)71-47(67)55-37-22-15-33(69-31-9-5-19(11-26(31)49)12-28(51)45(64)65)41(60)34(16-22)70-32-10-7-21(14-27(32)50)40(59)39-44(63)53-38(46(66)68-4)25-17-23(56)18-30(58)35(25)24-13-20(6-8-29(24)57)36(42(61)54-39)52-43(37)62/h5-11,13-18,28,36-40,56-60H,12,51H2,1-4H3,(H,52,62)(H,53,63)(H,54,61)(H,55,67)(H,64,65)/t28-,36-,37-,38+,39+,40-/m1/s1. The summed E-state index contributed by atoms with van der Waals surface area (Å²) < 4.78 is 22.7. The highest BCUT2D eigenvalue weighted by Gasteiger charge is 2.40. The minimum atomic E-state index is -2.04. The number of amides is 4. The Hall–Kier alpha value is -7.98. The Labute approximate surface area is 413 Å². The predicted molar refractivity (Wildman–Crippen MR) is 250 cm³/mol. The topological polar surface area (TPSA) is 335 Å². The van der Waals surface area contributed by atoms with Gasteiger partial charge in [0.15, 0.2) is 17.5 Å². The van der Waals surface area contributed by atoms with Gasteiger partial charge in [0.05, 0.1) is 17.2 Å². The van der Waals surface area contributed by atoms with Gasteiger partial charge in [0.2, 0.25) is 23.5 Å². The van der Waals surface area contributed by atoms with E-state index in [2.05, 4.69) is 21.3 Å². The summed E-state index contributed by atoms with van der Waals surface area (Å²) in [7, 11) is 0.986. The number of aliphatic carboxylic acids is 1. The molecule has 6 atom stereocenters. The molecule has 3 aliphatic heterocycles. The number of aliphatic hydroxyl groups excluding tert-OH is 1. The molecule has 0 unspecified atom stereocenters. The van der Waals surface area contributed by atoms with Gasteiger partial charge in [0, 0.05) is 22.8 Å². The van der Waals surface area contributed by atoms with Crippen molar-refractivity contribution < 1.29 is 78.4 Å². The predicted octanol–water partition coefficient (Wildman–Crippen LogP) is 5.32. The zero-order chi connectivity index (χ0) is 51.8. The van der Waals surface area contributed by atoms with E-state index in [4.69, 9.17) is 47.9 Å². The van der Waals surface area contributed by atoms with E-state index in [1.165, 1.54) is 42.5 Å². The summed E-state index contributed by atoms with van der Waals surface area (Å²) in [6.07, 6.45) is -3.28. The van der Waals surface area contributed by atoms with E-state index in [-0.39, 0.29) is 61.3 Å². The summed E-state index contributed by atoms with van der Waals surface area (Å²) in [5.74, 6) is -9.75. The molecule has 23 heteroatoms. The number of benzene rings is 5. The van der Waals surface area contributed by atoms with Crippen molar-refractivity contribution in [3.05, 3.63) is 117 Å². The Morgan fingerprint density at radius 3 is 2.17 bits per heavy atom. The maximum Gasteiger partial charge on any atom is 0.408 e. The van der Waals surface area contributed by atoms with Crippen LogP contribution >= 0.6 is 23.2 Å². The highest BCUT2D eigenvalue weighted by molar-refractivity contribution is 6.32. The second-order valence-electron chi connectivity index (χ2n) is 17.3. The number of carboxylic acids is 1. The number of alkyl carbamates (subject to hydrolysis) is 1. The molecule has 0 aromatic heterocycles. The molecule has 0 saturated carbocycles. The van der Waals surface area contributed by atoms with Gasteiger partial charge in [-0.25, -0.2) is 9.59 Å². The van der Waals surface area contributed by atoms with E-state index >= 15 is 0 Å². The van der Waals surface area contributed by atoms with Crippen molar-refractivity contribution in [3.63, 3.8) is 0 Å². The molecule has 0 aliphatic carbocycles. The van der Waals surface area contributed by atoms with Crippen LogP contribution in [0.2, 0.25) is 10.0 Å². The molecule has 5 aromatic rings. The summed E-state index contributed by atoms with van der Waals surface area (Å²) in [5.41, 5.74) is 3.60. The number of fused-ring (bicyclic) bond motifs is 8. The quantitative estimate of drug-likeness (QED) is 0.0919. The SMILES string of the molecule is COC(=O)[C@H]1NC(=O)[C@H]2NC(=O)[C@H](NC(=O)[C@H](NC(=O)OC(C)(C)C)c3cc(Oc4ccc(C[C@@H](N)C(=O)O)cc4Cl)c(O)c(c3)Oc3ccc(cc3Cl)[C@H]2O)c2ccc(O)c(c2)-c2c(O)cc(O)cc21. The van der Waals surface area contributed by atoms with Crippen LogP contribution in [0.3, 0.4) is 0 Å². The number of hydrogen-bond acceptors (Lipinski definition) is 16. The van der Waals surface area contributed by atoms with Crippen LogP contribution in [-0.4, -0.2) is 91.2 Å². The number of halogens is 2. The van der Waals surface area contributed by atoms with Crippen molar-refractivity contribution >= 4 is 59.0 Å². The smallest absolute Gasteiger partial charge is 0.408 e. The van der Waals surface area contributed by atoms with Crippen LogP contribution in [0.25, 0.3) is 11.1 Å². The number of rotatable bonds is 7. The van der Waals surface area contributed by atoms with Gasteiger partial charge in [-0.2, -0.15) is 0 Å². The van der Waals surface area contributed by atoms with Gasteiger partial charge >= 0.3 is 18.0 Å². The van der Waals surface area contributed by atoms with Crippen molar-refractivity contribution in [2.75, 3.05) is 7.11 Å². The number of phenolic OH excluding ortho intramolecular Hbond substituents is 4. The number of phenols is 4. The first kappa shape index (κ1) is 50.9. The van der Waals surface area contributed by atoms with E-state index in [9.17, 15) is 59.4 Å². The van der Waals surface area contributed by atoms with Gasteiger partial charge in [0.1, 0.15) is 64.6 Å². The first-order valence-electron chi connectivity index (χ1n) is 21.3. The Bertz CT molecular complexity index is 3000. The molecule has 0 saturated heterocycles. The third kappa shape index (κ3) is 11.1. The number of ether oxygens (including phenoxy) is 4. The van der Waals surface area contributed by atoms with Crippen LogP contribution in [-0.2, 0) is 39.9 Å². The van der Waals surface area contributed by atoms with Crippen LogP contribution in [0, 0.1) is 0 Å². The number of carboxylic acid groups (broad SMARTS) is 1. The summed E-state index contributed by atoms with van der Waals surface area (Å²) >= 11 is 13.3. The normalized spacial score (nSPS) is 19.3. The number of nitrogens with two attached hydrogens (primary N) is 1. The number of aromatic hydroxyl groups is 4. The lowest BCUT2D eigenvalue weighted by Crippen LogP contribution is -2.55. The number of esters is 1. The van der Waals surface area contributed by atoms with Gasteiger partial charge in [0.25, 0.3) is 0 Å². The Morgan fingerprint density at radius 2 is 1.51 bits per heavy atom. The highest BCUT2D eigenvalue weighted by Crippen LogP contribution is 2.47. The third-order valence-electron chi connectivity index (χ3n) is 11.1. The monoisotopic (exact) mass is 1020 g/mol. The van der Waals surface area contributed by atoms with Gasteiger partial charge in [-0.05, 0) is 104 Å². The van der Waals surface area contributed by atoms with Crippen molar-refractivity contribution in [3.8, 4) is 57.1 Å². The van der Waals surface area contributed by atoms with Crippen molar-refractivity contribution in [2.45, 2.75) is 69.1 Å². The first-order chi connectivity index (χ1) is 33.4. The fourth-order valence-electron chi connectivity index (χ4n) is 7.71. The molecule has 21 nitrogen and oxygen atoms in total. The molecule has 71 heavy (non-hydrogen) atoms. The highest BCUT2D eigenvalue weighted by atomic mass is 35.5. The maximum absolute atomic E-state index is 15.0. The van der Waals surface area contributed by atoms with E-state index in [1.54, 1.807) is 20.8 Å². The van der Waals surface area contributed by atoms with E-state index in [0.29, 0.717) is 5.56 Å². The second-order valence-corrected chi connectivity index (χ2v) is 18.1. The molecule has 8 rings (SSSR count). The van der Waals surface area contributed by atoms with E-state index < -0.39 is 112 Å². The molecule has 3 aliphatic rings. The fourth-order valence-corrected chi connectivity index (χ4v) is 8.18. The van der Waals surface area contributed by atoms with Crippen molar-refractivity contribution in [2.24, 2.45) is 5.73 Å². The van der Waals surface area contributed by atoms with Gasteiger partial charge in [-0.1, -0.05) is 41.4 Å². The zero-order valence-corrected chi connectivity index (χ0v) is 39.3. The van der Waals surface area contributed by atoms with E-state index in [1.807, 2.05) is 0 Å². The summed E-state index contributed by atoms with van der Waals surface area (Å²) in [6, 6.07) is 6.48. The second kappa shape index (κ2) is 20.2. The minimum absolute atomic E-state index is 0.0671. The number of methoxy groups -OCH3 is 1. The molecule has 4 amide bonds. The van der Waals surface area contributed by atoms with Crippen molar-refractivity contribution in [1.29, 1.82) is 0 Å². The number of hydrogen-bond donors (Lipinski definition) is 11. The molecule has 12 N–H and O–H groups in total.